The van der Waals surface area contributed by atoms with E-state index in [4.69, 9.17) is 5.73 Å². The summed E-state index contributed by atoms with van der Waals surface area (Å²) >= 11 is 0. The average molecular weight is 148 g/mol. The van der Waals surface area contributed by atoms with Gasteiger partial charge < -0.3 is 5.73 Å². The molecule has 0 aliphatic heterocycles. The monoisotopic (exact) mass is 148 g/mol. The highest BCUT2D eigenvalue weighted by Gasteiger charge is 2.24. The summed E-state index contributed by atoms with van der Waals surface area (Å²) in [6, 6.07) is 4.17. The van der Waals surface area contributed by atoms with E-state index in [1.807, 2.05) is 6.20 Å². The molecule has 2 rings (SSSR count). The molecule has 0 amide bonds. The Morgan fingerprint density at radius 1 is 1.45 bits per heavy atom. The van der Waals surface area contributed by atoms with Crippen molar-refractivity contribution in [2.75, 3.05) is 0 Å². The molecule has 0 radical (unpaired) electrons. The van der Waals surface area contributed by atoms with Gasteiger partial charge in [0.05, 0.1) is 0 Å². The number of hydrogen-bond acceptors (Lipinski definition) is 2. The summed E-state index contributed by atoms with van der Waals surface area (Å²) in [6.07, 6.45) is 4.51. The minimum absolute atomic E-state index is 0.595. The van der Waals surface area contributed by atoms with Crippen LogP contribution in [0.5, 0.6) is 0 Å². The van der Waals surface area contributed by atoms with E-state index in [0.29, 0.717) is 6.54 Å². The molecule has 0 bridgehead atoms. The number of aromatic nitrogens is 1. The van der Waals surface area contributed by atoms with Gasteiger partial charge in [0.1, 0.15) is 0 Å². The highest BCUT2D eigenvalue weighted by atomic mass is 14.7. The number of rotatable bonds is 2. The van der Waals surface area contributed by atoms with Crippen LogP contribution in [0.2, 0.25) is 0 Å². The zero-order chi connectivity index (χ0) is 7.68. The van der Waals surface area contributed by atoms with E-state index in [9.17, 15) is 0 Å². The fourth-order valence-corrected chi connectivity index (χ4v) is 1.18. The lowest BCUT2D eigenvalue weighted by molar-refractivity contribution is 0.981. The van der Waals surface area contributed by atoms with Crippen LogP contribution in [0.4, 0.5) is 0 Å². The standard InChI is InChI=1S/C9H12N2/c10-5-7-1-4-9(11-6-7)8-2-3-8/h1,4,6,8H,2-3,5,10H2. The minimum atomic E-state index is 0.595. The van der Waals surface area contributed by atoms with Crippen molar-refractivity contribution >= 4 is 0 Å². The molecule has 0 unspecified atom stereocenters. The van der Waals surface area contributed by atoms with Crippen LogP contribution in [0.25, 0.3) is 0 Å². The lowest BCUT2D eigenvalue weighted by atomic mass is 10.2. The fourth-order valence-electron chi connectivity index (χ4n) is 1.18. The third-order valence-electron chi connectivity index (χ3n) is 2.08. The number of hydrogen-bond donors (Lipinski definition) is 1. The maximum atomic E-state index is 5.45. The number of pyridine rings is 1. The van der Waals surface area contributed by atoms with E-state index in [1.54, 1.807) is 0 Å². The molecule has 0 saturated heterocycles. The van der Waals surface area contributed by atoms with Crippen LogP contribution in [0.15, 0.2) is 18.3 Å². The van der Waals surface area contributed by atoms with Crippen molar-refractivity contribution in [3.63, 3.8) is 0 Å². The molecule has 1 fully saturated rings. The molecular formula is C9H12N2. The van der Waals surface area contributed by atoms with Crippen molar-refractivity contribution in [2.24, 2.45) is 5.73 Å². The van der Waals surface area contributed by atoms with Crippen LogP contribution in [0.1, 0.15) is 30.0 Å². The van der Waals surface area contributed by atoms with Crippen molar-refractivity contribution in [1.82, 2.24) is 4.98 Å². The largest absolute Gasteiger partial charge is 0.326 e. The summed E-state index contributed by atoms with van der Waals surface area (Å²) in [6.45, 7) is 0.595. The molecule has 0 atom stereocenters. The maximum Gasteiger partial charge on any atom is 0.0434 e. The molecule has 1 aliphatic carbocycles. The summed E-state index contributed by atoms with van der Waals surface area (Å²) in [5, 5.41) is 0. The third kappa shape index (κ3) is 1.40. The van der Waals surface area contributed by atoms with E-state index >= 15 is 0 Å². The van der Waals surface area contributed by atoms with Gasteiger partial charge in [0.15, 0.2) is 0 Å². The molecule has 2 N–H and O–H groups in total. The second-order valence-corrected chi connectivity index (χ2v) is 3.07. The highest BCUT2D eigenvalue weighted by molar-refractivity contribution is 5.19. The van der Waals surface area contributed by atoms with Gasteiger partial charge in [-0.2, -0.15) is 0 Å². The van der Waals surface area contributed by atoms with Gasteiger partial charge in [0, 0.05) is 24.4 Å². The van der Waals surface area contributed by atoms with Gasteiger partial charge in [-0.05, 0) is 24.5 Å². The Bertz CT molecular complexity index is 236. The topological polar surface area (TPSA) is 38.9 Å². The van der Waals surface area contributed by atoms with Gasteiger partial charge in [-0.3, -0.25) is 4.98 Å². The van der Waals surface area contributed by atoms with Gasteiger partial charge in [0.25, 0.3) is 0 Å². The van der Waals surface area contributed by atoms with Crippen molar-refractivity contribution < 1.29 is 0 Å². The van der Waals surface area contributed by atoms with Gasteiger partial charge in [-0.25, -0.2) is 0 Å². The van der Waals surface area contributed by atoms with Gasteiger partial charge in [-0.15, -0.1) is 0 Å². The molecule has 1 aromatic heterocycles. The molecule has 0 aromatic carbocycles. The van der Waals surface area contributed by atoms with Gasteiger partial charge in [0.2, 0.25) is 0 Å². The van der Waals surface area contributed by atoms with Gasteiger partial charge in [-0.1, -0.05) is 6.07 Å². The second-order valence-electron chi connectivity index (χ2n) is 3.07. The Morgan fingerprint density at radius 3 is 2.73 bits per heavy atom. The molecule has 11 heavy (non-hydrogen) atoms. The lowest BCUT2D eigenvalue weighted by Crippen LogP contribution is -1.97. The summed E-state index contributed by atoms with van der Waals surface area (Å²) in [7, 11) is 0. The maximum absolute atomic E-state index is 5.45. The van der Waals surface area contributed by atoms with Gasteiger partial charge >= 0.3 is 0 Å². The predicted octanol–water partition coefficient (Wildman–Crippen LogP) is 1.42. The predicted molar refractivity (Wildman–Crippen MR) is 44.1 cm³/mol. The molecule has 2 nitrogen and oxygen atoms in total. The van der Waals surface area contributed by atoms with E-state index in [0.717, 1.165) is 11.5 Å². The first kappa shape index (κ1) is 6.80. The Labute approximate surface area is 66.4 Å². The summed E-state index contributed by atoms with van der Waals surface area (Å²) in [5.74, 6) is 0.752. The van der Waals surface area contributed by atoms with Crippen molar-refractivity contribution in [3.8, 4) is 0 Å². The second kappa shape index (κ2) is 2.62. The Hall–Kier alpha value is -0.890. The number of nitrogens with zero attached hydrogens (tertiary/aromatic N) is 1. The van der Waals surface area contributed by atoms with E-state index in [1.165, 1.54) is 18.5 Å². The quantitative estimate of drug-likeness (QED) is 0.688. The fraction of sp³-hybridized carbons (Fsp3) is 0.444. The molecular weight excluding hydrogens is 136 g/mol. The van der Waals surface area contributed by atoms with E-state index in [2.05, 4.69) is 17.1 Å². The molecule has 1 aliphatic rings. The Balaban J connectivity index is 2.19. The molecule has 1 aromatic rings. The zero-order valence-electron chi connectivity index (χ0n) is 6.46. The van der Waals surface area contributed by atoms with Crippen molar-refractivity contribution in [2.45, 2.75) is 25.3 Å². The molecule has 1 heterocycles. The van der Waals surface area contributed by atoms with Crippen LogP contribution in [0, 0.1) is 0 Å². The summed E-state index contributed by atoms with van der Waals surface area (Å²) < 4.78 is 0. The first-order valence-corrected chi connectivity index (χ1v) is 4.05. The SMILES string of the molecule is NCc1ccc(C2CC2)nc1. The van der Waals surface area contributed by atoms with Crippen LogP contribution < -0.4 is 5.73 Å². The highest BCUT2D eigenvalue weighted by Crippen LogP contribution is 2.38. The van der Waals surface area contributed by atoms with Crippen LogP contribution in [-0.4, -0.2) is 4.98 Å². The third-order valence-corrected chi connectivity index (χ3v) is 2.08. The average Bonchev–Trinajstić information content (AvgIpc) is 2.87. The minimum Gasteiger partial charge on any atom is -0.326 e. The number of nitrogens with two attached hydrogens (primary N) is 1. The molecule has 58 valence electrons. The van der Waals surface area contributed by atoms with Crippen LogP contribution >= 0.6 is 0 Å². The smallest absolute Gasteiger partial charge is 0.0434 e. The summed E-state index contributed by atoms with van der Waals surface area (Å²) in [4.78, 5) is 4.33. The zero-order valence-corrected chi connectivity index (χ0v) is 6.46. The first-order chi connectivity index (χ1) is 5.40. The molecule has 2 heteroatoms. The van der Waals surface area contributed by atoms with E-state index in [-0.39, 0.29) is 0 Å². The van der Waals surface area contributed by atoms with Crippen LogP contribution in [0.3, 0.4) is 0 Å². The normalized spacial score (nSPS) is 16.8. The Morgan fingerprint density at radius 2 is 2.27 bits per heavy atom. The molecule has 0 spiro atoms. The van der Waals surface area contributed by atoms with Crippen molar-refractivity contribution in [1.29, 1.82) is 0 Å². The lowest BCUT2D eigenvalue weighted by Gasteiger charge is -1.97. The van der Waals surface area contributed by atoms with Crippen molar-refractivity contribution in [3.05, 3.63) is 29.6 Å². The van der Waals surface area contributed by atoms with Crippen LogP contribution in [-0.2, 0) is 6.54 Å². The first-order valence-electron chi connectivity index (χ1n) is 4.05. The molecule has 1 saturated carbocycles. The summed E-state index contributed by atoms with van der Waals surface area (Å²) in [5.41, 5.74) is 7.81. The van der Waals surface area contributed by atoms with E-state index < -0.39 is 0 Å². The Kier molecular flexibility index (Phi) is 1.62.